The van der Waals surface area contributed by atoms with Crippen molar-refractivity contribution in [2.24, 2.45) is 0 Å². The molecule has 0 saturated heterocycles. The molecule has 30 heavy (non-hydrogen) atoms. The third-order valence-corrected chi connectivity index (χ3v) is 5.46. The third-order valence-electron chi connectivity index (χ3n) is 4.28. The van der Waals surface area contributed by atoms with E-state index in [1.807, 2.05) is 38.1 Å². The topological polar surface area (TPSA) is 84.9 Å². The van der Waals surface area contributed by atoms with Gasteiger partial charge >= 0.3 is 0 Å². The van der Waals surface area contributed by atoms with Crippen LogP contribution in [0, 0.1) is 0 Å². The Morgan fingerprint density at radius 3 is 2.53 bits per heavy atom. The molecule has 0 aromatic heterocycles. The Bertz CT molecular complexity index is 944. The van der Waals surface area contributed by atoms with Gasteiger partial charge in [-0.25, -0.2) is 8.42 Å². The molecule has 164 valence electrons. The quantitative estimate of drug-likeness (QED) is 0.586. The lowest BCUT2D eigenvalue weighted by molar-refractivity contribution is -0.121. The Morgan fingerprint density at radius 2 is 1.87 bits per heavy atom. The van der Waals surface area contributed by atoms with Gasteiger partial charge in [0, 0.05) is 19.5 Å². The molecule has 0 aliphatic carbocycles. The van der Waals surface area contributed by atoms with E-state index in [2.05, 4.69) is 5.32 Å². The van der Waals surface area contributed by atoms with E-state index in [1.54, 1.807) is 24.3 Å². The molecule has 8 heteroatoms. The Morgan fingerprint density at radius 1 is 1.13 bits per heavy atom. The first-order valence-corrected chi connectivity index (χ1v) is 11.7. The van der Waals surface area contributed by atoms with Crippen molar-refractivity contribution in [1.82, 2.24) is 5.32 Å². The van der Waals surface area contributed by atoms with Crippen LogP contribution >= 0.6 is 0 Å². The van der Waals surface area contributed by atoms with Gasteiger partial charge in [-0.3, -0.25) is 9.10 Å². The predicted octanol–water partition coefficient (Wildman–Crippen LogP) is 3.35. The molecule has 0 fully saturated rings. The molecule has 0 atom stereocenters. The first-order chi connectivity index (χ1) is 14.2. The van der Waals surface area contributed by atoms with Crippen LogP contribution in [0.5, 0.6) is 11.5 Å². The molecule has 0 radical (unpaired) electrons. The number of amides is 1. The molecule has 0 unspecified atom stereocenters. The van der Waals surface area contributed by atoms with Crippen LogP contribution in [0.2, 0.25) is 0 Å². The highest BCUT2D eigenvalue weighted by molar-refractivity contribution is 7.92. The lowest BCUT2D eigenvalue weighted by atomic mass is 10.2. The van der Waals surface area contributed by atoms with Crippen LogP contribution < -0.4 is 19.1 Å². The fourth-order valence-corrected chi connectivity index (χ4v) is 3.94. The number of carbonyl (C=O) groups is 1. The zero-order valence-corrected chi connectivity index (χ0v) is 18.7. The maximum atomic E-state index is 12.3. The number of rotatable bonds is 11. The van der Waals surface area contributed by atoms with Crippen molar-refractivity contribution in [2.75, 3.05) is 24.2 Å². The smallest absolute Gasteiger partial charge is 0.232 e. The summed E-state index contributed by atoms with van der Waals surface area (Å²) in [4.78, 5) is 12.2. The number of para-hydroxylation sites is 2. The van der Waals surface area contributed by atoms with Gasteiger partial charge in [-0.05, 0) is 50.1 Å². The Hall–Kier alpha value is -2.74. The number of carbonyl (C=O) groups excluding carboxylic acids is 1. The number of benzene rings is 2. The van der Waals surface area contributed by atoms with Crippen molar-refractivity contribution in [3.63, 3.8) is 0 Å². The highest BCUT2D eigenvalue weighted by atomic mass is 32.2. The molecule has 1 N–H and O–H groups in total. The van der Waals surface area contributed by atoms with E-state index in [4.69, 9.17) is 9.47 Å². The van der Waals surface area contributed by atoms with Crippen molar-refractivity contribution >= 4 is 21.6 Å². The van der Waals surface area contributed by atoms with Crippen molar-refractivity contribution in [2.45, 2.75) is 39.3 Å². The molecule has 0 bridgehead atoms. The van der Waals surface area contributed by atoms with Gasteiger partial charge < -0.3 is 14.8 Å². The minimum absolute atomic E-state index is 0.0795. The number of anilines is 1. The molecule has 0 heterocycles. The Kier molecular flexibility index (Phi) is 8.53. The van der Waals surface area contributed by atoms with Gasteiger partial charge in [-0.2, -0.15) is 0 Å². The van der Waals surface area contributed by atoms with E-state index in [0.29, 0.717) is 24.4 Å². The van der Waals surface area contributed by atoms with E-state index in [1.165, 1.54) is 11.4 Å². The first-order valence-electron chi connectivity index (χ1n) is 9.83. The Balaban J connectivity index is 1.90. The van der Waals surface area contributed by atoms with Gasteiger partial charge in [0.1, 0.15) is 11.5 Å². The summed E-state index contributed by atoms with van der Waals surface area (Å²) in [7, 11) is -2.02. The molecule has 0 saturated carbocycles. The highest BCUT2D eigenvalue weighted by Gasteiger charge is 2.20. The second-order valence-electron chi connectivity index (χ2n) is 7.20. The fraction of sp³-hybridized carbons (Fsp3) is 0.409. The summed E-state index contributed by atoms with van der Waals surface area (Å²) in [5.74, 6) is 1.09. The van der Waals surface area contributed by atoms with Crippen LogP contribution in [0.25, 0.3) is 0 Å². The average molecular weight is 435 g/mol. The summed E-state index contributed by atoms with van der Waals surface area (Å²) in [6, 6.07) is 14.5. The number of methoxy groups -OCH3 is 1. The van der Waals surface area contributed by atoms with E-state index in [0.717, 1.165) is 17.6 Å². The largest absolute Gasteiger partial charge is 0.495 e. The summed E-state index contributed by atoms with van der Waals surface area (Å²) in [5, 5.41) is 2.87. The minimum atomic E-state index is -3.51. The molecular formula is C22H30N2O5S. The molecule has 7 nitrogen and oxygen atoms in total. The zero-order valence-electron chi connectivity index (χ0n) is 17.9. The molecule has 2 aromatic carbocycles. The monoisotopic (exact) mass is 434 g/mol. The predicted molar refractivity (Wildman–Crippen MR) is 118 cm³/mol. The van der Waals surface area contributed by atoms with Crippen LogP contribution in [0.3, 0.4) is 0 Å². The van der Waals surface area contributed by atoms with Crippen LogP contribution in [0.15, 0.2) is 48.5 Å². The number of nitrogens with zero attached hydrogens (tertiary/aromatic N) is 1. The number of hydrogen-bond acceptors (Lipinski definition) is 5. The third kappa shape index (κ3) is 7.26. The summed E-state index contributed by atoms with van der Waals surface area (Å²) < 4.78 is 36.7. The molecular weight excluding hydrogens is 404 g/mol. The number of nitrogens with one attached hydrogen (secondary N) is 1. The van der Waals surface area contributed by atoms with E-state index < -0.39 is 10.0 Å². The van der Waals surface area contributed by atoms with Crippen molar-refractivity contribution < 1.29 is 22.7 Å². The van der Waals surface area contributed by atoms with Crippen LogP contribution in [-0.4, -0.2) is 40.3 Å². The van der Waals surface area contributed by atoms with E-state index in [-0.39, 0.29) is 25.0 Å². The van der Waals surface area contributed by atoms with Crippen LogP contribution in [0.1, 0.15) is 32.3 Å². The molecule has 0 aliphatic rings. The Labute approximate surface area is 179 Å². The van der Waals surface area contributed by atoms with Crippen molar-refractivity contribution in [1.29, 1.82) is 0 Å². The van der Waals surface area contributed by atoms with E-state index >= 15 is 0 Å². The normalized spacial score (nSPS) is 11.2. The average Bonchev–Trinajstić information content (AvgIpc) is 2.68. The van der Waals surface area contributed by atoms with Crippen LogP contribution in [-0.2, 0) is 21.4 Å². The SMILES string of the molecule is COc1ccccc1N(CCCC(=O)NCc1cccc(OC(C)C)c1)S(C)(=O)=O. The molecule has 0 spiro atoms. The molecule has 1 amide bonds. The summed E-state index contributed by atoms with van der Waals surface area (Å²) in [5.41, 5.74) is 1.40. The summed E-state index contributed by atoms with van der Waals surface area (Å²) in [6.45, 7) is 4.49. The van der Waals surface area contributed by atoms with Gasteiger partial charge in [0.2, 0.25) is 15.9 Å². The maximum absolute atomic E-state index is 12.3. The van der Waals surface area contributed by atoms with Crippen molar-refractivity contribution in [3.05, 3.63) is 54.1 Å². The molecule has 2 aromatic rings. The number of hydrogen-bond donors (Lipinski definition) is 1. The van der Waals surface area contributed by atoms with Gasteiger partial charge in [-0.1, -0.05) is 24.3 Å². The zero-order chi connectivity index (χ0) is 22.1. The lowest BCUT2D eigenvalue weighted by Gasteiger charge is -2.24. The van der Waals surface area contributed by atoms with Gasteiger partial charge in [0.15, 0.2) is 0 Å². The summed E-state index contributed by atoms with van der Waals surface area (Å²) in [6.07, 6.45) is 1.82. The number of ether oxygens (including phenoxy) is 2. The second-order valence-corrected chi connectivity index (χ2v) is 9.11. The van der Waals surface area contributed by atoms with Gasteiger partial charge in [-0.15, -0.1) is 0 Å². The van der Waals surface area contributed by atoms with Crippen LogP contribution in [0.4, 0.5) is 5.69 Å². The second kappa shape index (κ2) is 10.9. The molecule has 2 rings (SSSR count). The number of sulfonamides is 1. The van der Waals surface area contributed by atoms with Gasteiger partial charge in [0.25, 0.3) is 0 Å². The highest BCUT2D eigenvalue weighted by Crippen LogP contribution is 2.29. The molecule has 0 aliphatic heterocycles. The van der Waals surface area contributed by atoms with E-state index in [9.17, 15) is 13.2 Å². The lowest BCUT2D eigenvalue weighted by Crippen LogP contribution is -2.32. The maximum Gasteiger partial charge on any atom is 0.232 e. The van der Waals surface area contributed by atoms with Gasteiger partial charge in [0.05, 0.1) is 25.2 Å². The minimum Gasteiger partial charge on any atom is -0.495 e. The van der Waals surface area contributed by atoms with Crippen molar-refractivity contribution in [3.8, 4) is 11.5 Å². The summed E-state index contributed by atoms with van der Waals surface area (Å²) >= 11 is 0. The first kappa shape index (κ1) is 23.5. The fourth-order valence-electron chi connectivity index (χ4n) is 2.97. The standard InChI is InChI=1S/C22H30N2O5S/c1-17(2)29-19-10-7-9-18(15-19)16-23-22(25)13-8-14-24(30(4,26)27)20-11-5-6-12-21(20)28-3/h5-7,9-12,15,17H,8,13-14,16H2,1-4H3,(H,23,25).